The summed E-state index contributed by atoms with van der Waals surface area (Å²) in [6.07, 6.45) is 9.87. The summed E-state index contributed by atoms with van der Waals surface area (Å²) in [5, 5.41) is 2.80. The van der Waals surface area contributed by atoms with E-state index in [9.17, 15) is 18.0 Å². The van der Waals surface area contributed by atoms with Gasteiger partial charge in [-0.3, -0.25) is 9.59 Å². The summed E-state index contributed by atoms with van der Waals surface area (Å²) < 4.78 is 33.6. The summed E-state index contributed by atoms with van der Waals surface area (Å²) in [6, 6.07) is 1.59. The summed E-state index contributed by atoms with van der Waals surface area (Å²) in [5.41, 5.74) is -0.746. The van der Waals surface area contributed by atoms with Crippen LogP contribution in [0.1, 0.15) is 51.4 Å². The highest BCUT2D eigenvalue weighted by Crippen LogP contribution is 2.45. The first-order valence-electron chi connectivity index (χ1n) is 13.5. The van der Waals surface area contributed by atoms with Crippen LogP contribution >= 0.6 is 11.6 Å². The van der Waals surface area contributed by atoms with Gasteiger partial charge in [0.2, 0.25) is 33.0 Å². The van der Waals surface area contributed by atoms with Crippen molar-refractivity contribution in [3.05, 3.63) is 42.9 Å². The average Bonchev–Trinajstić information content (AvgIpc) is 3.82. The molecule has 12 heteroatoms. The number of amides is 2. The summed E-state index contributed by atoms with van der Waals surface area (Å²) in [5.74, 6) is -1.39. The molecular formula is C27H38ClN5O5S. The zero-order chi connectivity index (χ0) is 28.2. The van der Waals surface area contributed by atoms with Gasteiger partial charge in [0.15, 0.2) is 0 Å². The number of allylic oxidation sites excluding steroid dienone is 1. The molecule has 5 unspecified atom stereocenters. The van der Waals surface area contributed by atoms with Gasteiger partial charge in [-0.1, -0.05) is 12.2 Å². The minimum atomic E-state index is -3.41. The monoisotopic (exact) mass is 579 g/mol. The van der Waals surface area contributed by atoms with E-state index < -0.39 is 33.5 Å². The van der Waals surface area contributed by atoms with Crippen LogP contribution in [0.25, 0.3) is 0 Å². The van der Waals surface area contributed by atoms with Crippen molar-refractivity contribution in [1.29, 1.82) is 0 Å². The van der Waals surface area contributed by atoms with Crippen LogP contribution in [0.3, 0.4) is 0 Å². The Bertz CT molecular complexity index is 1190. The van der Waals surface area contributed by atoms with Crippen LogP contribution in [0, 0.1) is 17.8 Å². The van der Waals surface area contributed by atoms with Gasteiger partial charge in [0.25, 0.3) is 0 Å². The Balaban J connectivity index is 1.46. The second kappa shape index (κ2) is 12.3. The van der Waals surface area contributed by atoms with Gasteiger partial charge in [0, 0.05) is 38.3 Å². The van der Waals surface area contributed by atoms with E-state index in [1.165, 1.54) is 6.20 Å². The van der Waals surface area contributed by atoms with Crippen molar-refractivity contribution in [2.24, 2.45) is 17.8 Å². The topological polar surface area (TPSA) is 131 Å². The van der Waals surface area contributed by atoms with Gasteiger partial charge in [-0.05, 0) is 63.0 Å². The molecule has 3 saturated carbocycles. The molecule has 3 aliphatic carbocycles. The molecule has 1 heterocycles. The molecule has 214 valence electrons. The van der Waals surface area contributed by atoms with Crippen molar-refractivity contribution in [1.82, 2.24) is 24.9 Å². The number of nitrogens with zero attached hydrogens (tertiary/aromatic N) is 3. The van der Waals surface area contributed by atoms with Crippen molar-refractivity contribution >= 4 is 33.4 Å². The number of halogens is 1. The Kier molecular flexibility index (Phi) is 9.33. The van der Waals surface area contributed by atoms with Gasteiger partial charge in [-0.2, -0.15) is 4.98 Å². The standard InChI is InChI=1S/C27H38ClN5O5S/c1-4-6-7-8-13-33(3)25(35)22-15-19(38-23-11-12-29-26(28)31-23)14-21(22)24(34)32-27(16-18(27)5-2)17-30-39(36,37)20-9-10-20/h4-5,11-12,18-22,30H,1-2,6-10,13-17H2,3H3,(H,32,34). The molecule has 3 fully saturated rings. The number of hydrogen-bond acceptors (Lipinski definition) is 7. The van der Waals surface area contributed by atoms with Crippen LogP contribution < -0.4 is 14.8 Å². The summed E-state index contributed by atoms with van der Waals surface area (Å²) in [4.78, 5) is 36.9. The second-order valence-corrected chi connectivity index (χ2v) is 13.3. The predicted molar refractivity (Wildman–Crippen MR) is 148 cm³/mol. The molecule has 10 nitrogen and oxygen atoms in total. The number of rotatable bonds is 15. The lowest BCUT2D eigenvalue weighted by Crippen LogP contribution is -2.51. The Morgan fingerprint density at radius 1 is 1.26 bits per heavy atom. The predicted octanol–water partition coefficient (Wildman–Crippen LogP) is 2.86. The van der Waals surface area contributed by atoms with Crippen LogP contribution in [0.5, 0.6) is 5.88 Å². The maximum Gasteiger partial charge on any atom is 0.226 e. The third kappa shape index (κ3) is 7.37. The fourth-order valence-corrected chi connectivity index (χ4v) is 6.93. The van der Waals surface area contributed by atoms with Gasteiger partial charge >= 0.3 is 0 Å². The second-order valence-electron chi connectivity index (χ2n) is 10.9. The van der Waals surface area contributed by atoms with Crippen molar-refractivity contribution in [3.8, 4) is 5.88 Å². The number of sulfonamides is 1. The molecule has 0 aromatic carbocycles. The molecule has 0 radical (unpaired) electrons. The lowest BCUT2D eigenvalue weighted by Gasteiger charge is -2.27. The highest BCUT2D eigenvalue weighted by molar-refractivity contribution is 7.90. The maximum atomic E-state index is 13.7. The first-order chi connectivity index (χ1) is 18.6. The Morgan fingerprint density at radius 3 is 2.64 bits per heavy atom. The molecule has 3 aliphatic rings. The fraction of sp³-hybridized carbons (Fsp3) is 0.630. The van der Waals surface area contributed by atoms with Crippen LogP contribution in [-0.4, -0.2) is 72.1 Å². The van der Waals surface area contributed by atoms with Gasteiger partial charge in [0.1, 0.15) is 6.10 Å². The number of nitrogens with one attached hydrogen (secondary N) is 2. The quantitative estimate of drug-likeness (QED) is 0.186. The smallest absolute Gasteiger partial charge is 0.226 e. The number of carbonyl (C=O) groups excluding carboxylic acids is 2. The van der Waals surface area contributed by atoms with E-state index in [1.54, 1.807) is 24.1 Å². The van der Waals surface area contributed by atoms with Crippen LogP contribution in [-0.2, 0) is 19.6 Å². The van der Waals surface area contributed by atoms with Crippen LogP contribution in [0.15, 0.2) is 37.6 Å². The molecule has 1 aromatic rings. The Labute approximate surface area is 235 Å². The van der Waals surface area contributed by atoms with Crippen molar-refractivity contribution in [2.45, 2.75) is 68.3 Å². The van der Waals surface area contributed by atoms with Crippen LogP contribution in [0.2, 0.25) is 5.28 Å². The zero-order valence-electron chi connectivity index (χ0n) is 22.4. The number of unbranched alkanes of at least 4 members (excludes halogenated alkanes) is 2. The number of aromatic nitrogens is 2. The normalized spacial score (nSPS) is 27.9. The molecule has 39 heavy (non-hydrogen) atoms. The number of hydrogen-bond donors (Lipinski definition) is 2. The fourth-order valence-electron chi connectivity index (χ4n) is 5.33. The van der Waals surface area contributed by atoms with E-state index in [4.69, 9.17) is 16.3 Å². The van der Waals surface area contributed by atoms with Gasteiger partial charge in [0.05, 0.1) is 22.6 Å². The van der Waals surface area contributed by atoms with E-state index in [1.807, 2.05) is 6.08 Å². The SMILES string of the molecule is C=CCCCCN(C)C(=O)C1CC(Oc2ccnc(Cl)n2)CC1C(=O)NC1(CNS(=O)(=O)C2CC2)CC1C=C. The van der Waals surface area contributed by atoms with Crippen molar-refractivity contribution in [2.75, 3.05) is 20.1 Å². The zero-order valence-corrected chi connectivity index (χ0v) is 23.9. The minimum Gasteiger partial charge on any atom is -0.474 e. The summed E-state index contributed by atoms with van der Waals surface area (Å²) in [6.45, 7) is 8.27. The minimum absolute atomic E-state index is 0.0477. The van der Waals surface area contributed by atoms with Gasteiger partial charge in [-0.25, -0.2) is 18.1 Å². The molecule has 0 saturated heterocycles. The lowest BCUT2D eigenvalue weighted by molar-refractivity contribution is -0.140. The van der Waals surface area contributed by atoms with E-state index in [2.05, 4.69) is 33.2 Å². The van der Waals surface area contributed by atoms with Crippen LogP contribution in [0.4, 0.5) is 0 Å². The largest absolute Gasteiger partial charge is 0.474 e. The molecule has 5 atom stereocenters. The Morgan fingerprint density at radius 2 is 2.00 bits per heavy atom. The van der Waals surface area contributed by atoms with E-state index in [0.29, 0.717) is 38.6 Å². The average molecular weight is 580 g/mol. The third-order valence-corrected chi connectivity index (χ3v) is 10.0. The highest BCUT2D eigenvalue weighted by Gasteiger charge is 2.56. The Hall–Kier alpha value is -2.50. The van der Waals surface area contributed by atoms with Crippen molar-refractivity contribution in [3.63, 3.8) is 0 Å². The first-order valence-corrected chi connectivity index (χ1v) is 15.4. The summed E-state index contributed by atoms with van der Waals surface area (Å²) >= 11 is 5.90. The lowest BCUT2D eigenvalue weighted by atomic mass is 9.93. The van der Waals surface area contributed by atoms with Crippen molar-refractivity contribution < 1.29 is 22.7 Å². The number of carbonyl (C=O) groups is 2. The highest BCUT2D eigenvalue weighted by atomic mass is 35.5. The molecule has 4 rings (SSSR count). The summed E-state index contributed by atoms with van der Waals surface area (Å²) in [7, 11) is -1.65. The molecule has 2 amide bonds. The van der Waals surface area contributed by atoms with E-state index >= 15 is 0 Å². The molecule has 0 bridgehead atoms. The van der Waals surface area contributed by atoms with Gasteiger partial charge < -0.3 is 15.0 Å². The molecule has 2 N–H and O–H groups in total. The molecule has 0 aliphatic heterocycles. The third-order valence-electron chi connectivity index (χ3n) is 7.93. The van der Waals surface area contributed by atoms with E-state index in [0.717, 1.165) is 19.3 Å². The molecule has 0 spiro atoms. The first kappa shape index (κ1) is 29.5. The molecule has 1 aromatic heterocycles. The van der Waals surface area contributed by atoms with Gasteiger partial charge in [-0.15, -0.1) is 13.2 Å². The van der Waals surface area contributed by atoms with E-state index in [-0.39, 0.29) is 40.7 Å². The maximum absolute atomic E-state index is 13.7. The number of ether oxygens (including phenoxy) is 1. The molecular weight excluding hydrogens is 542 g/mol.